The molecule has 0 aliphatic heterocycles. The van der Waals surface area contributed by atoms with Crippen molar-refractivity contribution < 1.29 is 5.11 Å². The minimum absolute atomic E-state index is 0.338. The van der Waals surface area contributed by atoms with Gasteiger partial charge in [-0.1, -0.05) is 23.7 Å². The van der Waals surface area contributed by atoms with Gasteiger partial charge in [-0.05, 0) is 24.6 Å². The second-order valence-electron chi connectivity index (χ2n) is 4.01. The Morgan fingerprint density at radius 1 is 1.44 bits per heavy atom. The van der Waals surface area contributed by atoms with Crippen LogP contribution in [0.4, 0.5) is 0 Å². The Hall–Kier alpha value is -1.83. The lowest BCUT2D eigenvalue weighted by Crippen LogP contribution is -2.11. The number of benzene rings is 1. The summed E-state index contributed by atoms with van der Waals surface area (Å²) in [6, 6.07) is 8.88. The van der Waals surface area contributed by atoms with Gasteiger partial charge in [0.1, 0.15) is 0 Å². The number of nitriles is 1. The van der Waals surface area contributed by atoms with Crippen LogP contribution in [0.15, 0.2) is 30.5 Å². The standard InChI is InChI=1S/C13H12ClN3O/c1-9-12(14)7-16-17(9)8-13(18)11-4-2-10(6-15)3-5-11/h2-5,7,13,18H,8H2,1H3. The number of nitrogens with zero attached hydrogens (tertiary/aromatic N) is 3. The zero-order valence-corrected chi connectivity index (χ0v) is 10.6. The molecule has 0 aliphatic carbocycles. The third kappa shape index (κ3) is 2.53. The molecule has 0 amide bonds. The summed E-state index contributed by atoms with van der Waals surface area (Å²) < 4.78 is 1.66. The summed E-state index contributed by atoms with van der Waals surface area (Å²) in [6.45, 7) is 2.19. The molecular formula is C13H12ClN3O. The minimum Gasteiger partial charge on any atom is -0.386 e. The molecule has 1 atom stereocenters. The van der Waals surface area contributed by atoms with Crippen LogP contribution in [0.1, 0.15) is 22.9 Å². The average Bonchev–Trinajstić information content (AvgIpc) is 2.71. The van der Waals surface area contributed by atoms with E-state index in [9.17, 15) is 5.11 Å². The molecule has 18 heavy (non-hydrogen) atoms. The maximum atomic E-state index is 10.1. The van der Waals surface area contributed by atoms with Crippen LogP contribution in [-0.2, 0) is 6.54 Å². The quantitative estimate of drug-likeness (QED) is 0.923. The first-order valence-corrected chi connectivity index (χ1v) is 5.85. The average molecular weight is 262 g/mol. The highest BCUT2D eigenvalue weighted by Gasteiger charge is 2.11. The molecule has 0 saturated carbocycles. The van der Waals surface area contributed by atoms with Crippen molar-refractivity contribution in [1.29, 1.82) is 5.26 Å². The van der Waals surface area contributed by atoms with Gasteiger partial charge in [-0.3, -0.25) is 4.68 Å². The molecule has 0 radical (unpaired) electrons. The van der Waals surface area contributed by atoms with Crippen molar-refractivity contribution in [1.82, 2.24) is 9.78 Å². The molecule has 0 spiro atoms. The zero-order valence-electron chi connectivity index (χ0n) is 9.84. The highest BCUT2D eigenvalue weighted by molar-refractivity contribution is 6.31. The van der Waals surface area contributed by atoms with Crippen LogP contribution in [0.2, 0.25) is 5.02 Å². The summed E-state index contributed by atoms with van der Waals surface area (Å²) in [5.41, 5.74) is 2.15. The molecule has 1 heterocycles. The molecule has 92 valence electrons. The van der Waals surface area contributed by atoms with E-state index in [0.717, 1.165) is 11.3 Å². The Kier molecular flexibility index (Phi) is 3.66. The van der Waals surface area contributed by atoms with E-state index in [1.807, 2.05) is 13.0 Å². The van der Waals surface area contributed by atoms with Gasteiger partial charge < -0.3 is 5.11 Å². The summed E-state index contributed by atoms with van der Waals surface area (Å²) >= 11 is 5.90. The molecule has 0 bridgehead atoms. The van der Waals surface area contributed by atoms with Crippen molar-refractivity contribution in [2.24, 2.45) is 0 Å². The SMILES string of the molecule is Cc1c(Cl)cnn1CC(O)c1ccc(C#N)cc1. The molecule has 1 N–H and O–H groups in total. The number of halogens is 1. The Bertz CT molecular complexity index is 583. The number of hydrogen-bond acceptors (Lipinski definition) is 3. The molecule has 0 aliphatic rings. The molecule has 2 aromatic rings. The maximum Gasteiger partial charge on any atom is 0.0991 e. The number of hydrogen-bond donors (Lipinski definition) is 1. The second-order valence-corrected chi connectivity index (χ2v) is 4.42. The topological polar surface area (TPSA) is 61.8 Å². The van der Waals surface area contributed by atoms with E-state index in [2.05, 4.69) is 5.10 Å². The molecule has 5 heteroatoms. The van der Waals surface area contributed by atoms with Crippen molar-refractivity contribution in [2.45, 2.75) is 19.6 Å². The smallest absolute Gasteiger partial charge is 0.0991 e. The fraction of sp³-hybridized carbons (Fsp3) is 0.231. The molecular weight excluding hydrogens is 250 g/mol. The fourth-order valence-electron chi connectivity index (χ4n) is 1.66. The fourth-order valence-corrected chi connectivity index (χ4v) is 1.80. The van der Waals surface area contributed by atoms with Gasteiger partial charge in [0.05, 0.1) is 41.2 Å². The molecule has 1 unspecified atom stereocenters. The van der Waals surface area contributed by atoms with E-state index in [1.54, 1.807) is 35.1 Å². The molecule has 4 nitrogen and oxygen atoms in total. The summed E-state index contributed by atoms with van der Waals surface area (Å²) in [7, 11) is 0. The van der Waals surface area contributed by atoms with Gasteiger partial charge >= 0.3 is 0 Å². The monoisotopic (exact) mass is 261 g/mol. The summed E-state index contributed by atoms with van der Waals surface area (Å²) in [5.74, 6) is 0. The predicted molar refractivity (Wildman–Crippen MR) is 68.1 cm³/mol. The third-order valence-corrected chi connectivity index (χ3v) is 3.18. The van der Waals surface area contributed by atoms with E-state index >= 15 is 0 Å². The predicted octanol–water partition coefficient (Wildman–Crippen LogP) is 2.45. The van der Waals surface area contributed by atoms with Crippen molar-refractivity contribution in [3.05, 3.63) is 52.3 Å². The third-order valence-electron chi connectivity index (χ3n) is 2.81. The highest BCUT2D eigenvalue weighted by atomic mass is 35.5. The van der Waals surface area contributed by atoms with Crippen LogP contribution in [-0.4, -0.2) is 14.9 Å². The number of aromatic nitrogens is 2. The Morgan fingerprint density at radius 3 is 2.61 bits per heavy atom. The summed E-state index contributed by atoms with van der Waals surface area (Å²) in [5, 5.41) is 23.5. The van der Waals surface area contributed by atoms with E-state index in [4.69, 9.17) is 16.9 Å². The van der Waals surface area contributed by atoms with Gasteiger partial charge in [0.2, 0.25) is 0 Å². The van der Waals surface area contributed by atoms with Gasteiger partial charge in [0.25, 0.3) is 0 Å². The first-order chi connectivity index (χ1) is 8.61. The first-order valence-electron chi connectivity index (χ1n) is 5.48. The van der Waals surface area contributed by atoms with Crippen LogP contribution in [0, 0.1) is 18.3 Å². The Balaban J connectivity index is 2.14. The highest BCUT2D eigenvalue weighted by Crippen LogP contribution is 2.19. The van der Waals surface area contributed by atoms with Crippen molar-refractivity contribution >= 4 is 11.6 Å². The van der Waals surface area contributed by atoms with E-state index in [1.165, 1.54) is 0 Å². The molecule has 0 fully saturated rings. The second kappa shape index (κ2) is 5.21. The van der Waals surface area contributed by atoms with E-state index < -0.39 is 6.10 Å². The van der Waals surface area contributed by atoms with Crippen LogP contribution >= 0.6 is 11.6 Å². The van der Waals surface area contributed by atoms with Crippen LogP contribution < -0.4 is 0 Å². The lowest BCUT2D eigenvalue weighted by Gasteiger charge is -2.12. The van der Waals surface area contributed by atoms with Crippen molar-refractivity contribution in [3.8, 4) is 6.07 Å². The number of aliphatic hydroxyl groups is 1. The van der Waals surface area contributed by atoms with Crippen LogP contribution in [0.3, 0.4) is 0 Å². The Labute approximate surface area is 110 Å². The normalized spacial score (nSPS) is 12.1. The van der Waals surface area contributed by atoms with Gasteiger partial charge in [0.15, 0.2) is 0 Å². The maximum absolute atomic E-state index is 10.1. The Morgan fingerprint density at radius 2 is 2.11 bits per heavy atom. The van der Waals surface area contributed by atoms with Gasteiger partial charge in [0, 0.05) is 0 Å². The van der Waals surface area contributed by atoms with Crippen molar-refractivity contribution in [2.75, 3.05) is 0 Å². The number of rotatable bonds is 3. The molecule has 2 rings (SSSR count). The summed E-state index contributed by atoms with van der Waals surface area (Å²) in [4.78, 5) is 0. The lowest BCUT2D eigenvalue weighted by molar-refractivity contribution is 0.150. The molecule has 1 aromatic heterocycles. The lowest BCUT2D eigenvalue weighted by atomic mass is 10.1. The van der Waals surface area contributed by atoms with Gasteiger partial charge in [-0.15, -0.1) is 0 Å². The van der Waals surface area contributed by atoms with Gasteiger partial charge in [-0.25, -0.2) is 0 Å². The van der Waals surface area contributed by atoms with Gasteiger partial charge in [-0.2, -0.15) is 10.4 Å². The minimum atomic E-state index is -0.674. The summed E-state index contributed by atoms with van der Waals surface area (Å²) in [6.07, 6.45) is 0.884. The van der Waals surface area contributed by atoms with Crippen LogP contribution in [0.5, 0.6) is 0 Å². The van der Waals surface area contributed by atoms with E-state index in [-0.39, 0.29) is 0 Å². The number of aliphatic hydroxyl groups excluding tert-OH is 1. The van der Waals surface area contributed by atoms with E-state index in [0.29, 0.717) is 17.1 Å². The zero-order chi connectivity index (χ0) is 13.1. The van der Waals surface area contributed by atoms with Crippen molar-refractivity contribution in [3.63, 3.8) is 0 Å². The first kappa shape index (κ1) is 12.6. The molecule has 1 aromatic carbocycles. The molecule has 0 saturated heterocycles. The largest absolute Gasteiger partial charge is 0.386 e. The van der Waals surface area contributed by atoms with Crippen LogP contribution in [0.25, 0.3) is 0 Å².